The summed E-state index contributed by atoms with van der Waals surface area (Å²) >= 11 is 0. The normalized spacial score (nSPS) is 19.6. The van der Waals surface area contributed by atoms with Crippen LogP contribution in [-0.4, -0.2) is 37.5 Å². The van der Waals surface area contributed by atoms with Gasteiger partial charge in [0.1, 0.15) is 0 Å². The first-order chi connectivity index (χ1) is 8.26. The molecular weight excluding hydrogens is 337 g/mol. The molecule has 0 bridgehead atoms. The molecule has 0 amide bonds. The van der Waals surface area contributed by atoms with Crippen LogP contribution in [0.5, 0.6) is 0 Å². The highest BCUT2D eigenvalue weighted by atomic mass is 127. The maximum Gasteiger partial charge on any atom is 0.194 e. The second-order valence-electron chi connectivity index (χ2n) is 4.68. The Hall–Kier alpha value is -0.440. The minimum absolute atomic E-state index is 0. The van der Waals surface area contributed by atoms with Crippen LogP contribution >= 0.6 is 24.0 Å². The average molecular weight is 363 g/mol. The molecule has 1 saturated heterocycles. The molecule has 0 saturated carbocycles. The van der Waals surface area contributed by atoms with E-state index in [2.05, 4.69) is 35.0 Å². The summed E-state index contributed by atoms with van der Waals surface area (Å²) in [6.07, 6.45) is 9.11. The summed E-state index contributed by atoms with van der Waals surface area (Å²) in [5, 5.41) is 3.20. The number of hydrogen-bond acceptors (Lipinski definition) is 1. The van der Waals surface area contributed by atoms with E-state index in [0.717, 1.165) is 30.9 Å². The molecule has 0 radical (unpaired) electrons. The Labute approximate surface area is 129 Å². The van der Waals surface area contributed by atoms with E-state index in [0.29, 0.717) is 6.54 Å². The Morgan fingerprint density at radius 3 is 2.67 bits per heavy atom. The van der Waals surface area contributed by atoms with Gasteiger partial charge in [0.15, 0.2) is 5.96 Å². The van der Waals surface area contributed by atoms with Crippen molar-refractivity contribution < 1.29 is 0 Å². The lowest BCUT2D eigenvalue weighted by Crippen LogP contribution is -2.40. The van der Waals surface area contributed by atoms with Crippen LogP contribution in [0.25, 0.3) is 0 Å². The van der Waals surface area contributed by atoms with Gasteiger partial charge in [0.2, 0.25) is 0 Å². The molecule has 1 unspecified atom stereocenters. The van der Waals surface area contributed by atoms with Crippen LogP contribution in [0.1, 0.15) is 33.1 Å². The molecule has 1 aliphatic heterocycles. The van der Waals surface area contributed by atoms with Gasteiger partial charge in [0, 0.05) is 20.1 Å². The number of aliphatic imine (C=N–C) groups is 1. The second-order valence-corrected chi connectivity index (χ2v) is 4.68. The van der Waals surface area contributed by atoms with E-state index in [1.165, 1.54) is 19.3 Å². The van der Waals surface area contributed by atoms with E-state index in [1.54, 1.807) is 0 Å². The molecule has 104 valence electrons. The monoisotopic (exact) mass is 363 g/mol. The van der Waals surface area contributed by atoms with Crippen LogP contribution in [0.15, 0.2) is 4.99 Å². The third kappa shape index (κ3) is 4.68. The molecule has 4 heteroatoms. The predicted octanol–water partition coefficient (Wildman–Crippen LogP) is 2.57. The van der Waals surface area contributed by atoms with Crippen LogP contribution in [0.2, 0.25) is 0 Å². The molecule has 1 aliphatic rings. The van der Waals surface area contributed by atoms with E-state index in [-0.39, 0.29) is 24.0 Å². The largest absolute Gasteiger partial charge is 0.345 e. The quantitative estimate of drug-likeness (QED) is 0.360. The van der Waals surface area contributed by atoms with Gasteiger partial charge in [-0.1, -0.05) is 32.6 Å². The average Bonchev–Trinajstić information content (AvgIpc) is 2.81. The van der Waals surface area contributed by atoms with Crippen molar-refractivity contribution in [2.75, 3.05) is 26.7 Å². The fourth-order valence-corrected chi connectivity index (χ4v) is 2.78. The standard InChI is InChI=1S/C14H25N3.HI/c1-5-9-16-14(15-4)17-10-8-13(11-17)12(6-2)7-3;/h1,12-13H,6-11H2,2-4H3,(H,15,16);1H. The highest BCUT2D eigenvalue weighted by molar-refractivity contribution is 14.0. The number of rotatable bonds is 4. The summed E-state index contributed by atoms with van der Waals surface area (Å²) in [7, 11) is 1.82. The smallest absolute Gasteiger partial charge is 0.194 e. The fourth-order valence-electron chi connectivity index (χ4n) is 2.78. The molecule has 0 aromatic carbocycles. The fraction of sp³-hybridized carbons (Fsp3) is 0.786. The van der Waals surface area contributed by atoms with Crippen molar-refractivity contribution >= 4 is 29.9 Å². The van der Waals surface area contributed by atoms with E-state index >= 15 is 0 Å². The number of halogens is 1. The summed E-state index contributed by atoms with van der Waals surface area (Å²) in [5.41, 5.74) is 0. The molecule has 1 fully saturated rings. The minimum Gasteiger partial charge on any atom is -0.345 e. The topological polar surface area (TPSA) is 27.6 Å². The first-order valence-electron chi connectivity index (χ1n) is 6.65. The lowest BCUT2D eigenvalue weighted by Gasteiger charge is -2.23. The number of guanidine groups is 1. The van der Waals surface area contributed by atoms with Crippen LogP contribution < -0.4 is 5.32 Å². The first-order valence-corrected chi connectivity index (χ1v) is 6.65. The van der Waals surface area contributed by atoms with Crippen LogP contribution in [0.3, 0.4) is 0 Å². The van der Waals surface area contributed by atoms with Gasteiger partial charge in [0.05, 0.1) is 6.54 Å². The summed E-state index contributed by atoms with van der Waals surface area (Å²) in [5.74, 6) is 5.22. The predicted molar refractivity (Wildman–Crippen MR) is 89.4 cm³/mol. The van der Waals surface area contributed by atoms with E-state index in [1.807, 2.05) is 7.05 Å². The Morgan fingerprint density at radius 2 is 2.17 bits per heavy atom. The van der Waals surface area contributed by atoms with Crippen molar-refractivity contribution in [2.45, 2.75) is 33.1 Å². The zero-order valence-electron chi connectivity index (χ0n) is 11.8. The van der Waals surface area contributed by atoms with Crippen molar-refractivity contribution in [3.8, 4) is 12.3 Å². The van der Waals surface area contributed by atoms with E-state index < -0.39 is 0 Å². The maximum atomic E-state index is 5.26. The van der Waals surface area contributed by atoms with Gasteiger partial charge in [-0.15, -0.1) is 30.4 Å². The zero-order valence-corrected chi connectivity index (χ0v) is 14.1. The minimum atomic E-state index is 0. The summed E-state index contributed by atoms with van der Waals surface area (Å²) in [6, 6.07) is 0. The molecule has 0 aromatic rings. The Kier molecular flexibility index (Phi) is 9.25. The SMILES string of the molecule is C#CCNC(=NC)N1CCC(C(CC)CC)C1.I. The van der Waals surface area contributed by atoms with Crippen LogP contribution in [0, 0.1) is 24.2 Å². The highest BCUT2D eigenvalue weighted by Crippen LogP contribution is 2.28. The van der Waals surface area contributed by atoms with Crippen molar-refractivity contribution in [2.24, 2.45) is 16.8 Å². The summed E-state index contributed by atoms with van der Waals surface area (Å²) in [4.78, 5) is 6.62. The lowest BCUT2D eigenvalue weighted by atomic mass is 9.87. The molecule has 0 spiro atoms. The van der Waals surface area contributed by atoms with Crippen molar-refractivity contribution in [3.63, 3.8) is 0 Å². The van der Waals surface area contributed by atoms with Gasteiger partial charge in [-0.25, -0.2) is 0 Å². The zero-order chi connectivity index (χ0) is 12.7. The Balaban J connectivity index is 0.00000289. The van der Waals surface area contributed by atoms with Gasteiger partial charge in [-0.3, -0.25) is 4.99 Å². The van der Waals surface area contributed by atoms with Gasteiger partial charge in [-0.2, -0.15) is 0 Å². The third-order valence-electron chi connectivity index (χ3n) is 3.80. The molecule has 0 aliphatic carbocycles. The Bertz CT molecular complexity index is 292. The number of nitrogens with zero attached hydrogens (tertiary/aromatic N) is 2. The van der Waals surface area contributed by atoms with Crippen LogP contribution in [-0.2, 0) is 0 Å². The molecule has 18 heavy (non-hydrogen) atoms. The number of likely N-dealkylation sites (tertiary alicyclic amines) is 1. The van der Waals surface area contributed by atoms with Crippen molar-refractivity contribution in [3.05, 3.63) is 0 Å². The maximum absolute atomic E-state index is 5.26. The first kappa shape index (κ1) is 17.6. The van der Waals surface area contributed by atoms with Gasteiger partial charge >= 0.3 is 0 Å². The van der Waals surface area contributed by atoms with Crippen molar-refractivity contribution in [1.29, 1.82) is 0 Å². The number of hydrogen-bond donors (Lipinski definition) is 1. The highest BCUT2D eigenvalue weighted by Gasteiger charge is 2.28. The molecule has 1 heterocycles. The van der Waals surface area contributed by atoms with Gasteiger partial charge in [0.25, 0.3) is 0 Å². The molecule has 1 N–H and O–H groups in total. The molecular formula is C14H26IN3. The Morgan fingerprint density at radius 1 is 1.50 bits per heavy atom. The van der Waals surface area contributed by atoms with E-state index in [9.17, 15) is 0 Å². The van der Waals surface area contributed by atoms with Crippen molar-refractivity contribution in [1.82, 2.24) is 10.2 Å². The molecule has 0 aromatic heterocycles. The number of nitrogens with one attached hydrogen (secondary N) is 1. The number of terminal acetylenes is 1. The second kappa shape index (κ2) is 9.48. The summed E-state index contributed by atoms with van der Waals surface area (Å²) < 4.78 is 0. The molecule has 1 rings (SSSR count). The third-order valence-corrected chi connectivity index (χ3v) is 3.80. The van der Waals surface area contributed by atoms with Crippen LogP contribution in [0.4, 0.5) is 0 Å². The van der Waals surface area contributed by atoms with Gasteiger partial charge < -0.3 is 10.2 Å². The molecule has 3 nitrogen and oxygen atoms in total. The van der Waals surface area contributed by atoms with Gasteiger partial charge in [-0.05, 0) is 18.3 Å². The van der Waals surface area contributed by atoms with E-state index in [4.69, 9.17) is 6.42 Å². The summed E-state index contributed by atoms with van der Waals surface area (Å²) in [6.45, 7) is 7.37. The lowest BCUT2D eigenvalue weighted by molar-refractivity contribution is 0.319. The molecule has 1 atom stereocenters.